The van der Waals surface area contributed by atoms with Crippen LogP contribution >= 0.6 is 0 Å². The van der Waals surface area contributed by atoms with Gasteiger partial charge in [0, 0.05) is 5.92 Å². The number of esters is 1. The summed E-state index contributed by atoms with van der Waals surface area (Å²) in [7, 11) is 0. The number of nitrogens with zero attached hydrogens (tertiary/aromatic N) is 2. The highest BCUT2D eigenvalue weighted by Gasteiger charge is 2.37. The molecule has 0 unspecified atom stereocenters. The monoisotopic (exact) mass is 226 g/mol. The maximum absolute atomic E-state index is 11.7. The minimum atomic E-state index is -0.893. The van der Waals surface area contributed by atoms with Crippen molar-refractivity contribution in [2.24, 2.45) is 0 Å². The number of rotatable bonds is 4. The van der Waals surface area contributed by atoms with Crippen LogP contribution in [-0.2, 0) is 14.9 Å². The third-order valence-electron chi connectivity index (χ3n) is 2.28. The molecule has 0 bridgehead atoms. The maximum Gasteiger partial charge on any atom is 0.321 e. The number of carbonyl (C=O) groups excluding carboxylic acids is 1. The molecule has 16 heavy (non-hydrogen) atoms. The molecular formula is C11H18N2O3. The van der Waals surface area contributed by atoms with E-state index < -0.39 is 5.41 Å². The van der Waals surface area contributed by atoms with Crippen LogP contribution in [0.2, 0.25) is 0 Å². The Hall–Kier alpha value is -1.39. The van der Waals surface area contributed by atoms with Crippen molar-refractivity contribution in [2.45, 2.75) is 46.0 Å². The zero-order valence-corrected chi connectivity index (χ0v) is 10.4. The minimum Gasteiger partial charge on any atom is -0.465 e. The summed E-state index contributed by atoms with van der Waals surface area (Å²) in [6.45, 7) is 9.46. The Labute approximate surface area is 95.2 Å². The Bertz CT molecular complexity index is 369. The van der Waals surface area contributed by atoms with Gasteiger partial charge >= 0.3 is 5.97 Å². The zero-order chi connectivity index (χ0) is 12.3. The summed E-state index contributed by atoms with van der Waals surface area (Å²) in [5, 5.41) is 3.83. The second-order valence-electron chi connectivity index (χ2n) is 4.46. The van der Waals surface area contributed by atoms with Crippen LogP contribution < -0.4 is 0 Å². The van der Waals surface area contributed by atoms with Crippen molar-refractivity contribution in [2.75, 3.05) is 6.61 Å². The lowest BCUT2D eigenvalue weighted by Crippen LogP contribution is -2.31. The van der Waals surface area contributed by atoms with E-state index in [4.69, 9.17) is 9.26 Å². The summed E-state index contributed by atoms with van der Waals surface area (Å²) in [5.41, 5.74) is -0.893. The van der Waals surface area contributed by atoms with Gasteiger partial charge < -0.3 is 9.26 Å². The van der Waals surface area contributed by atoms with E-state index in [1.54, 1.807) is 20.8 Å². The molecule has 0 saturated heterocycles. The Morgan fingerprint density at radius 3 is 2.56 bits per heavy atom. The third kappa shape index (κ3) is 2.40. The fraction of sp³-hybridized carbons (Fsp3) is 0.727. The fourth-order valence-corrected chi connectivity index (χ4v) is 1.12. The van der Waals surface area contributed by atoms with Gasteiger partial charge in [0.2, 0.25) is 5.89 Å². The molecule has 1 heterocycles. The lowest BCUT2D eigenvalue weighted by atomic mass is 9.94. The van der Waals surface area contributed by atoms with Gasteiger partial charge in [0.05, 0.1) is 6.61 Å². The molecule has 5 heteroatoms. The van der Waals surface area contributed by atoms with Crippen LogP contribution in [0.1, 0.15) is 52.3 Å². The van der Waals surface area contributed by atoms with E-state index in [0.29, 0.717) is 18.3 Å². The summed E-state index contributed by atoms with van der Waals surface area (Å²) in [5.74, 6) is 0.728. The van der Waals surface area contributed by atoms with Crippen LogP contribution in [0.4, 0.5) is 0 Å². The first-order valence-corrected chi connectivity index (χ1v) is 5.40. The third-order valence-corrected chi connectivity index (χ3v) is 2.28. The molecule has 0 N–H and O–H groups in total. The number of carbonyl (C=O) groups is 1. The van der Waals surface area contributed by atoms with Crippen molar-refractivity contribution >= 4 is 5.97 Å². The normalized spacial score (nSPS) is 11.9. The average Bonchev–Trinajstić information content (AvgIpc) is 2.67. The molecule has 0 saturated carbocycles. The Balaban J connectivity index is 2.93. The van der Waals surface area contributed by atoms with Gasteiger partial charge in [-0.1, -0.05) is 19.0 Å². The highest BCUT2D eigenvalue weighted by Crippen LogP contribution is 2.24. The van der Waals surface area contributed by atoms with Gasteiger partial charge in [0.25, 0.3) is 0 Å². The van der Waals surface area contributed by atoms with E-state index in [0.717, 1.165) is 0 Å². The van der Waals surface area contributed by atoms with E-state index in [9.17, 15) is 4.79 Å². The lowest BCUT2D eigenvalue weighted by molar-refractivity contribution is -0.149. The Morgan fingerprint density at radius 2 is 2.12 bits per heavy atom. The van der Waals surface area contributed by atoms with Crippen molar-refractivity contribution < 1.29 is 14.1 Å². The number of aromatic nitrogens is 2. The summed E-state index contributed by atoms with van der Waals surface area (Å²) in [4.78, 5) is 15.9. The predicted molar refractivity (Wildman–Crippen MR) is 58.0 cm³/mol. The molecule has 1 rings (SSSR count). The zero-order valence-electron chi connectivity index (χ0n) is 10.4. The van der Waals surface area contributed by atoms with Gasteiger partial charge in [0.15, 0.2) is 5.82 Å². The molecular weight excluding hydrogens is 208 g/mol. The van der Waals surface area contributed by atoms with Crippen molar-refractivity contribution in [1.29, 1.82) is 0 Å². The predicted octanol–water partition coefficient (Wildman–Crippen LogP) is 2.03. The molecule has 0 aliphatic heterocycles. The molecule has 0 spiro atoms. The largest absolute Gasteiger partial charge is 0.465 e. The van der Waals surface area contributed by atoms with Crippen LogP contribution in [0.25, 0.3) is 0 Å². The highest BCUT2D eigenvalue weighted by molar-refractivity contribution is 5.80. The van der Waals surface area contributed by atoms with Crippen LogP contribution in [0, 0.1) is 0 Å². The number of hydrogen-bond acceptors (Lipinski definition) is 5. The van der Waals surface area contributed by atoms with Crippen molar-refractivity contribution in [1.82, 2.24) is 10.1 Å². The fourth-order valence-electron chi connectivity index (χ4n) is 1.12. The van der Waals surface area contributed by atoms with Crippen LogP contribution in [0.5, 0.6) is 0 Å². The van der Waals surface area contributed by atoms with Gasteiger partial charge in [0.1, 0.15) is 5.41 Å². The summed E-state index contributed by atoms with van der Waals surface area (Å²) in [6, 6.07) is 0. The van der Waals surface area contributed by atoms with E-state index in [-0.39, 0.29) is 11.9 Å². The molecule has 1 aromatic heterocycles. The standard InChI is InChI=1S/C11H18N2O3/c1-6-15-10(14)11(4,5)9-12-8(7(2)3)13-16-9/h7H,6H2,1-5H3. The van der Waals surface area contributed by atoms with Crippen molar-refractivity contribution in [3.05, 3.63) is 11.7 Å². The van der Waals surface area contributed by atoms with Gasteiger partial charge in [-0.05, 0) is 20.8 Å². The van der Waals surface area contributed by atoms with Crippen LogP contribution in [-0.4, -0.2) is 22.7 Å². The van der Waals surface area contributed by atoms with E-state index in [1.807, 2.05) is 13.8 Å². The SMILES string of the molecule is CCOC(=O)C(C)(C)c1nc(C(C)C)no1. The first kappa shape index (κ1) is 12.7. The number of hydrogen-bond donors (Lipinski definition) is 0. The molecule has 0 fully saturated rings. The molecule has 0 radical (unpaired) electrons. The highest BCUT2D eigenvalue weighted by atomic mass is 16.5. The molecule has 0 amide bonds. The first-order valence-electron chi connectivity index (χ1n) is 5.40. The van der Waals surface area contributed by atoms with Crippen molar-refractivity contribution in [3.63, 3.8) is 0 Å². The smallest absolute Gasteiger partial charge is 0.321 e. The first-order chi connectivity index (χ1) is 7.39. The second-order valence-corrected chi connectivity index (χ2v) is 4.46. The number of ether oxygens (including phenoxy) is 1. The van der Waals surface area contributed by atoms with Gasteiger partial charge in [-0.15, -0.1) is 0 Å². The molecule has 1 aromatic rings. The van der Waals surface area contributed by atoms with Gasteiger partial charge in [-0.2, -0.15) is 4.98 Å². The van der Waals surface area contributed by atoms with Crippen LogP contribution in [0.15, 0.2) is 4.52 Å². The molecule has 90 valence electrons. The van der Waals surface area contributed by atoms with E-state index in [2.05, 4.69) is 10.1 Å². The summed E-state index contributed by atoms with van der Waals surface area (Å²) < 4.78 is 10.1. The molecule has 0 aliphatic rings. The van der Waals surface area contributed by atoms with E-state index in [1.165, 1.54) is 0 Å². The summed E-state index contributed by atoms with van der Waals surface area (Å²) >= 11 is 0. The molecule has 0 aliphatic carbocycles. The Morgan fingerprint density at radius 1 is 1.50 bits per heavy atom. The molecule has 0 atom stereocenters. The van der Waals surface area contributed by atoms with Gasteiger partial charge in [-0.3, -0.25) is 4.79 Å². The summed E-state index contributed by atoms with van der Waals surface area (Å²) in [6.07, 6.45) is 0. The van der Waals surface area contributed by atoms with Crippen molar-refractivity contribution in [3.8, 4) is 0 Å². The minimum absolute atomic E-state index is 0.176. The topological polar surface area (TPSA) is 65.2 Å². The van der Waals surface area contributed by atoms with E-state index >= 15 is 0 Å². The van der Waals surface area contributed by atoms with Crippen LogP contribution in [0.3, 0.4) is 0 Å². The maximum atomic E-state index is 11.7. The second kappa shape index (κ2) is 4.63. The van der Waals surface area contributed by atoms with Gasteiger partial charge in [-0.25, -0.2) is 0 Å². The average molecular weight is 226 g/mol. The Kier molecular flexibility index (Phi) is 3.67. The molecule has 0 aromatic carbocycles. The lowest BCUT2D eigenvalue weighted by Gasteiger charge is -2.17. The molecule has 5 nitrogen and oxygen atoms in total. The quantitative estimate of drug-likeness (QED) is 0.735.